The van der Waals surface area contributed by atoms with Crippen LogP contribution in [0.3, 0.4) is 0 Å². The van der Waals surface area contributed by atoms with E-state index < -0.39 is 0 Å². The van der Waals surface area contributed by atoms with Gasteiger partial charge in [-0.3, -0.25) is 0 Å². The van der Waals surface area contributed by atoms with Gasteiger partial charge in [0.2, 0.25) is 5.88 Å². The molecule has 5 heteroatoms. The fourth-order valence-electron chi connectivity index (χ4n) is 1.47. The van der Waals surface area contributed by atoms with Crippen LogP contribution in [0.4, 0.5) is 5.69 Å². The molecule has 1 heterocycles. The van der Waals surface area contributed by atoms with E-state index >= 15 is 0 Å². The number of hydrogen-bond donors (Lipinski definition) is 1. The Bertz CT molecular complexity index is 531. The van der Waals surface area contributed by atoms with Crippen molar-refractivity contribution in [2.24, 2.45) is 0 Å². The quantitative estimate of drug-likeness (QED) is 0.917. The van der Waals surface area contributed by atoms with Crippen molar-refractivity contribution in [3.05, 3.63) is 51.6 Å². The van der Waals surface area contributed by atoms with Crippen LogP contribution in [0.15, 0.2) is 41.0 Å². The van der Waals surface area contributed by atoms with Gasteiger partial charge in [0.15, 0.2) is 0 Å². The molecular weight excluding hydrogens is 316 g/mol. The molecule has 1 aromatic carbocycles. The Morgan fingerprint density at radius 1 is 1.33 bits per heavy atom. The zero-order chi connectivity index (χ0) is 13.0. The molecule has 0 amide bonds. The maximum Gasteiger partial charge on any atom is 0.213 e. The molecule has 0 atom stereocenters. The highest BCUT2D eigenvalue weighted by Gasteiger charge is 2.01. The summed E-state index contributed by atoms with van der Waals surface area (Å²) in [5.41, 5.74) is 2.08. The number of pyridine rings is 1. The number of methoxy groups -OCH3 is 1. The molecule has 1 N–H and O–H groups in total. The molecule has 2 rings (SSSR count). The average Bonchev–Trinajstić information content (AvgIpc) is 2.38. The molecule has 0 saturated heterocycles. The predicted molar refractivity (Wildman–Crippen MR) is 77.3 cm³/mol. The molecule has 0 saturated carbocycles. The van der Waals surface area contributed by atoms with Gasteiger partial charge in [0.1, 0.15) is 0 Å². The predicted octanol–water partition coefficient (Wildman–Crippen LogP) is 4.12. The molecule has 94 valence electrons. The van der Waals surface area contributed by atoms with Crippen LogP contribution >= 0.6 is 27.5 Å². The van der Waals surface area contributed by atoms with Crippen LogP contribution in [0.25, 0.3) is 0 Å². The highest BCUT2D eigenvalue weighted by molar-refractivity contribution is 9.10. The summed E-state index contributed by atoms with van der Waals surface area (Å²) < 4.78 is 5.99. The van der Waals surface area contributed by atoms with Crippen LogP contribution in [0.2, 0.25) is 5.02 Å². The minimum atomic E-state index is 0.605. The van der Waals surface area contributed by atoms with Gasteiger partial charge in [-0.25, -0.2) is 4.98 Å². The van der Waals surface area contributed by atoms with Gasteiger partial charge < -0.3 is 10.1 Å². The Labute approximate surface area is 119 Å². The normalized spacial score (nSPS) is 10.2. The van der Waals surface area contributed by atoms with Gasteiger partial charge in [-0.05, 0) is 23.8 Å². The smallest absolute Gasteiger partial charge is 0.213 e. The van der Waals surface area contributed by atoms with Crippen molar-refractivity contribution in [1.29, 1.82) is 0 Å². The van der Waals surface area contributed by atoms with Crippen molar-refractivity contribution in [2.45, 2.75) is 6.54 Å². The first-order valence-corrected chi connectivity index (χ1v) is 6.54. The minimum absolute atomic E-state index is 0.605. The van der Waals surface area contributed by atoms with E-state index in [1.807, 2.05) is 30.3 Å². The van der Waals surface area contributed by atoms with Gasteiger partial charge in [0.25, 0.3) is 0 Å². The largest absolute Gasteiger partial charge is 0.481 e. The Morgan fingerprint density at radius 2 is 2.17 bits per heavy atom. The molecule has 0 aliphatic rings. The van der Waals surface area contributed by atoms with Gasteiger partial charge in [-0.1, -0.05) is 33.6 Å². The maximum absolute atomic E-state index is 5.89. The summed E-state index contributed by atoms with van der Waals surface area (Å²) in [6.07, 6.45) is 1.74. The molecule has 0 fully saturated rings. The van der Waals surface area contributed by atoms with Crippen LogP contribution in [-0.2, 0) is 6.54 Å². The lowest BCUT2D eigenvalue weighted by Crippen LogP contribution is -2.00. The number of anilines is 1. The van der Waals surface area contributed by atoms with E-state index in [2.05, 4.69) is 26.2 Å². The van der Waals surface area contributed by atoms with Crippen LogP contribution in [0, 0.1) is 0 Å². The first-order chi connectivity index (χ1) is 8.69. The molecule has 3 nitrogen and oxygen atoms in total. The molecule has 2 aromatic rings. The second-order valence-electron chi connectivity index (χ2n) is 3.68. The first kappa shape index (κ1) is 13.2. The summed E-state index contributed by atoms with van der Waals surface area (Å²) >= 11 is 9.38. The molecule has 0 aliphatic heterocycles. The van der Waals surface area contributed by atoms with Crippen molar-refractivity contribution < 1.29 is 4.74 Å². The van der Waals surface area contributed by atoms with E-state index in [-0.39, 0.29) is 0 Å². The molecule has 18 heavy (non-hydrogen) atoms. The number of ether oxygens (including phenoxy) is 1. The molecule has 1 aromatic heterocycles. The second-order valence-corrected chi connectivity index (χ2v) is 4.97. The highest BCUT2D eigenvalue weighted by atomic mass is 79.9. The molecule has 0 bridgehead atoms. The van der Waals surface area contributed by atoms with Crippen molar-refractivity contribution in [3.63, 3.8) is 0 Å². The van der Waals surface area contributed by atoms with E-state index in [1.54, 1.807) is 13.3 Å². The summed E-state index contributed by atoms with van der Waals surface area (Å²) in [7, 11) is 1.60. The third-order valence-corrected chi connectivity index (χ3v) is 3.42. The van der Waals surface area contributed by atoms with E-state index in [4.69, 9.17) is 16.3 Å². The third-order valence-electron chi connectivity index (χ3n) is 2.44. The van der Waals surface area contributed by atoms with Gasteiger partial charge in [0.05, 0.1) is 19.0 Å². The molecule has 0 spiro atoms. The maximum atomic E-state index is 5.89. The van der Waals surface area contributed by atoms with Gasteiger partial charge in [0, 0.05) is 22.1 Å². The van der Waals surface area contributed by atoms with Crippen LogP contribution in [0.5, 0.6) is 5.88 Å². The molecule has 0 radical (unpaired) electrons. The lowest BCUT2D eigenvalue weighted by molar-refractivity contribution is 0.398. The third kappa shape index (κ3) is 3.37. The summed E-state index contributed by atoms with van der Waals surface area (Å²) in [4.78, 5) is 4.13. The fraction of sp³-hybridized carbons (Fsp3) is 0.154. The lowest BCUT2D eigenvalue weighted by atomic mass is 10.2. The zero-order valence-corrected chi connectivity index (χ0v) is 12.1. The number of nitrogens with zero attached hydrogens (tertiary/aromatic N) is 1. The van der Waals surface area contributed by atoms with Gasteiger partial charge >= 0.3 is 0 Å². The van der Waals surface area contributed by atoms with E-state index in [0.29, 0.717) is 12.4 Å². The topological polar surface area (TPSA) is 34.1 Å². The van der Waals surface area contributed by atoms with Crippen LogP contribution < -0.4 is 10.1 Å². The second kappa shape index (κ2) is 6.07. The standard InChI is InChI=1S/C13H12BrClN2O/c1-18-13-5-4-11(8-17-13)16-7-9-2-3-10(15)6-12(9)14/h2-6,8,16H,7H2,1H3. The van der Waals surface area contributed by atoms with Crippen molar-refractivity contribution in [3.8, 4) is 5.88 Å². The molecule has 0 aliphatic carbocycles. The van der Waals surface area contributed by atoms with Crippen LogP contribution in [-0.4, -0.2) is 12.1 Å². The molecule has 0 unspecified atom stereocenters. The monoisotopic (exact) mass is 326 g/mol. The Kier molecular flexibility index (Phi) is 4.44. The number of benzene rings is 1. The zero-order valence-electron chi connectivity index (χ0n) is 9.78. The van der Waals surface area contributed by atoms with Crippen molar-refractivity contribution >= 4 is 33.2 Å². The Morgan fingerprint density at radius 3 is 2.78 bits per heavy atom. The fourth-order valence-corrected chi connectivity index (χ4v) is 2.29. The number of nitrogens with one attached hydrogen (secondary N) is 1. The van der Waals surface area contributed by atoms with Gasteiger partial charge in [-0.2, -0.15) is 0 Å². The number of hydrogen-bond acceptors (Lipinski definition) is 3. The summed E-state index contributed by atoms with van der Waals surface area (Å²) in [5.74, 6) is 0.605. The highest BCUT2D eigenvalue weighted by Crippen LogP contribution is 2.22. The SMILES string of the molecule is COc1ccc(NCc2ccc(Cl)cc2Br)cn1. The average molecular weight is 328 g/mol. The van der Waals surface area contributed by atoms with E-state index in [1.165, 1.54) is 0 Å². The number of aromatic nitrogens is 1. The lowest BCUT2D eigenvalue weighted by Gasteiger charge is -2.08. The van der Waals surface area contributed by atoms with Crippen molar-refractivity contribution in [2.75, 3.05) is 12.4 Å². The van der Waals surface area contributed by atoms with Crippen molar-refractivity contribution in [1.82, 2.24) is 4.98 Å². The van der Waals surface area contributed by atoms with Crippen LogP contribution in [0.1, 0.15) is 5.56 Å². The van der Waals surface area contributed by atoms with Gasteiger partial charge in [-0.15, -0.1) is 0 Å². The Balaban J connectivity index is 2.02. The molecular formula is C13H12BrClN2O. The number of rotatable bonds is 4. The summed E-state index contributed by atoms with van der Waals surface area (Å²) in [5, 5.41) is 4.00. The summed E-state index contributed by atoms with van der Waals surface area (Å²) in [6.45, 7) is 0.700. The first-order valence-electron chi connectivity index (χ1n) is 5.37. The summed E-state index contributed by atoms with van der Waals surface area (Å²) in [6, 6.07) is 9.48. The van der Waals surface area contributed by atoms with E-state index in [0.717, 1.165) is 20.7 Å². The minimum Gasteiger partial charge on any atom is -0.481 e. The van der Waals surface area contributed by atoms with E-state index in [9.17, 15) is 0 Å². The Hall–Kier alpha value is -1.26. The number of halogens is 2.